The number of rotatable bonds is 1. The summed E-state index contributed by atoms with van der Waals surface area (Å²) in [5.74, 6) is 0.922. The van der Waals surface area contributed by atoms with Crippen molar-refractivity contribution in [3.05, 3.63) is 22.9 Å². The van der Waals surface area contributed by atoms with Crippen LogP contribution in [0, 0.1) is 11.3 Å². The van der Waals surface area contributed by atoms with Crippen LogP contribution in [0.15, 0.2) is 6.07 Å². The van der Waals surface area contributed by atoms with Crippen LogP contribution in [0.5, 0.6) is 0 Å². The number of fused-ring (bicyclic) bond motifs is 1. The van der Waals surface area contributed by atoms with E-state index in [1.807, 2.05) is 0 Å². The van der Waals surface area contributed by atoms with Crippen LogP contribution in [0.4, 0.5) is 5.82 Å². The molecule has 0 N–H and O–H groups in total. The molecule has 0 bridgehead atoms. The predicted octanol–water partition coefficient (Wildman–Crippen LogP) is 3.21. The number of pyridine rings is 1. The van der Waals surface area contributed by atoms with Gasteiger partial charge in [0.25, 0.3) is 0 Å². The van der Waals surface area contributed by atoms with Crippen LogP contribution in [0.25, 0.3) is 0 Å². The van der Waals surface area contributed by atoms with E-state index >= 15 is 0 Å². The van der Waals surface area contributed by atoms with Crippen molar-refractivity contribution in [2.75, 3.05) is 11.4 Å². The van der Waals surface area contributed by atoms with E-state index < -0.39 is 0 Å². The van der Waals surface area contributed by atoms with Gasteiger partial charge in [0.05, 0.1) is 5.56 Å². The average molecular weight is 255 g/mol. The number of hydrogen-bond donors (Lipinski definition) is 0. The van der Waals surface area contributed by atoms with Crippen molar-refractivity contribution in [3.8, 4) is 6.07 Å². The summed E-state index contributed by atoms with van der Waals surface area (Å²) in [5.41, 5.74) is 3.41. The highest BCUT2D eigenvalue weighted by molar-refractivity contribution is 5.58. The number of hydrogen-bond acceptors (Lipinski definition) is 3. The Morgan fingerprint density at radius 2 is 2.05 bits per heavy atom. The van der Waals surface area contributed by atoms with E-state index in [1.54, 1.807) is 0 Å². The second-order valence-corrected chi connectivity index (χ2v) is 6.35. The fraction of sp³-hybridized carbons (Fsp3) is 0.625. The van der Waals surface area contributed by atoms with Gasteiger partial charge in [0.2, 0.25) is 0 Å². The third-order valence-corrected chi connectivity index (χ3v) is 4.56. The topological polar surface area (TPSA) is 39.9 Å². The van der Waals surface area contributed by atoms with Crippen LogP contribution in [0.2, 0.25) is 0 Å². The molecule has 0 saturated carbocycles. The Kier molecular flexibility index (Phi) is 2.97. The molecule has 2 aliphatic rings. The highest BCUT2D eigenvalue weighted by atomic mass is 15.3. The first kappa shape index (κ1) is 12.5. The first-order valence-electron chi connectivity index (χ1n) is 7.32. The van der Waals surface area contributed by atoms with E-state index in [2.05, 4.69) is 30.9 Å². The third kappa shape index (κ3) is 2.10. The maximum absolute atomic E-state index is 9.43. The Bertz CT molecular complexity index is 540. The van der Waals surface area contributed by atoms with Crippen LogP contribution >= 0.6 is 0 Å². The molecule has 0 unspecified atom stereocenters. The van der Waals surface area contributed by atoms with Crippen LogP contribution in [-0.4, -0.2) is 17.1 Å². The molecule has 1 aromatic heterocycles. The molecular formula is C16H21N3. The molecule has 1 saturated heterocycles. The van der Waals surface area contributed by atoms with Gasteiger partial charge < -0.3 is 4.90 Å². The summed E-state index contributed by atoms with van der Waals surface area (Å²) in [6.07, 6.45) is 6.99. The average Bonchev–Trinajstić information content (AvgIpc) is 2.76. The van der Waals surface area contributed by atoms with Gasteiger partial charge in [-0.3, -0.25) is 0 Å². The molecule has 3 heteroatoms. The highest BCUT2D eigenvalue weighted by Gasteiger charge is 2.34. The lowest BCUT2D eigenvalue weighted by atomic mass is 9.94. The smallest absolute Gasteiger partial charge is 0.147 e. The summed E-state index contributed by atoms with van der Waals surface area (Å²) in [5, 5.41) is 9.43. The second kappa shape index (κ2) is 4.52. The Labute approximate surface area is 115 Å². The van der Waals surface area contributed by atoms with Crippen LogP contribution < -0.4 is 4.90 Å². The summed E-state index contributed by atoms with van der Waals surface area (Å²) >= 11 is 0. The Hall–Kier alpha value is -1.56. The van der Waals surface area contributed by atoms with E-state index in [1.165, 1.54) is 36.9 Å². The van der Waals surface area contributed by atoms with E-state index in [9.17, 15) is 5.26 Å². The first-order valence-corrected chi connectivity index (χ1v) is 7.32. The van der Waals surface area contributed by atoms with Crippen molar-refractivity contribution in [2.24, 2.45) is 0 Å². The van der Waals surface area contributed by atoms with Gasteiger partial charge in [0.15, 0.2) is 0 Å². The molecule has 1 fully saturated rings. The SMILES string of the molecule is CC1(C)CCCN1c1nc2c(cc1C#N)CCCC2. The lowest BCUT2D eigenvalue weighted by molar-refractivity contribution is 0.512. The molecule has 0 aromatic carbocycles. The van der Waals surface area contributed by atoms with Gasteiger partial charge in [-0.1, -0.05) is 0 Å². The standard InChI is InChI=1S/C16H21N3/c1-16(2)8-5-9-19(16)15-13(11-17)10-12-6-3-4-7-14(12)18-15/h10H,3-9H2,1-2H3. The largest absolute Gasteiger partial charge is 0.350 e. The number of aryl methyl sites for hydroxylation is 2. The van der Waals surface area contributed by atoms with Gasteiger partial charge in [-0.05, 0) is 64.0 Å². The lowest BCUT2D eigenvalue weighted by Crippen LogP contribution is -2.39. The van der Waals surface area contributed by atoms with Gasteiger partial charge in [-0.15, -0.1) is 0 Å². The van der Waals surface area contributed by atoms with Crippen LogP contribution in [-0.2, 0) is 12.8 Å². The zero-order valence-corrected chi connectivity index (χ0v) is 11.9. The summed E-state index contributed by atoms with van der Waals surface area (Å²) < 4.78 is 0. The highest BCUT2D eigenvalue weighted by Crippen LogP contribution is 2.35. The van der Waals surface area contributed by atoms with Gasteiger partial charge in [0, 0.05) is 17.8 Å². The quantitative estimate of drug-likeness (QED) is 0.773. The van der Waals surface area contributed by atoms with Crippen molar-refractivity contribution < 1.29 is 0 Å². The van der Waals surface area contributed by atoms with E-state index in [-0.39, 0.29) is 5.54 Å². The number of aromatic nitrogens is 1. The molecule has 0 spiro atoms. The molecular weight excluding hydrogens is 234 g/mol. The summed E-state index contributed by atoms with van der Waals surface area (Å²) in [4.78, 5) is 7.20. The summed E-state index contributed by atoms with van der Waals surface area (Å²) in [6, 6.07) is 4.44. The number of nitrogens with zero attached hydrogens (tertiary/aromatic N) is 3. The molecule has 100 valence electrons. The first-order chi connectivity index (χ1) is 9.12. The minimum absolute atomic E-state index is 0.126. The van der Waals surface area contributed by atoms with Crippen molar-refractivity contribution in [1.82, 2.24) is 4.98 Å². The maximum Gasteiger partial charge on any atom is 0.147 e. The fourth-order valence-corrected chi connectivity index (χ4v) is 3.41. The van der Waals surface area contributed by atoms with Crippen molar-refractivity contribution in [3.63, 3.8) is 0 Å². The molecule has 19 heavy (non-hydrogen) atoms. The zero-order valence-electron chi connectivity index (χ0n) is 11.9. The molecule has 0 atom stereocenters. The molecule has 1 aromatic rings. The summed E-state index contributed by atoms with van der Waals surface area (Å²) in [7, 11) is 0. The monoisotopic (exact) mass is 255 g/mol. The van der Waals surface area contributed by atoms with Gasteiger partial charge in [-0.2, -0.15) is 5.26 Å². The van der Waals surface area contributed by atoms with Crippen molar-refractivity contribution in [2.45, 2.75) is 57.9 Å². The second-order valence-electron chi connectivity index (χ2n) is 6.35. The zero-order chi connectivity index (χ0) is 13.5. The molecule has 0 amide bonds. The summed E-state index contributed by atoms with van der Waals surface area (Å²) in [6.45, 7) is 5.53. The Morgan fingerprint density at radius 3 is 2.74 bits per heavy atom. The van der Waals surface area contributed by atoms with Gasteiger partial charge >= 0.3 is 0 Å². The molecule has 0 radical (unpaired) electrons. The number of nitriles is 1. The van der Waals surface area contributed by atoms with E-state index in [0.717, 1.165) is 30.8 Å². The minimum atomic E-state index is 0.126. The predicted molar refractivity (Wildman–Crippen MR) is 76.3 cm³/mol. The fourth-order valence-electron chi connectivity index (χ4n) is 3.41. The van der Waals surface area contributed by atoms with Crippen LogP contribution in [0.1, 0.15) is 56.4 Å². The van der Waals surface area contributed by atoms with Crippen LogP contribution in [0.3, 0.4) is 0 Å². The Balaban J connectivity index is 2.08. The van der Waals surface area contributed by atoms with Gasteiger partial charge in [-0.25, -0.2) is 4.98 Å². The molecule has 1 aliphatic carbocycles. The maximum atomic E-state index is 9.43. The number of anilines is 1. The minimum Gasteiger partial charge on any atom is -0.350 e. The van der Waals surface area contributed by atoms with E-state index in [0.29, 0.717) is 0 Å². The molecule has 3 rings (SSSR count). The molecule has 2 heterocycles. The lowest BCUT2D eigenvalue weighted by Gasteiger charge is -2.34. The third-order valence-electron chi connectivity index (χ3n) is 4.56. The Morgan fingerprint density at radius 1 is 1.26 bits per heavy atom. The van der Waals surface area contributed by atoms with Crippen molar-refractivity contribution in [1.29, 1.82) is 5.26 Å². The molecule has 3 nitrogen and oxygen atoms in total. The van der Waals surface area contributed by atoms with Gasteiger partial charge in [0.1, 0.15) is 11.9 Å². The molecule has 1 aliphatic heterocycles. The van der Waals surface area contributed by atoms with Crippen molar-refractivity contribution >= 4 is 5.82 Å². The normalized spacial score (nSPS) is 21.0. The van der Waals surface area contributed by atoms with E-state index in [4.69, 9.17) is 4.98 Å².